The fraction of sp³-hybridized carbons (Fsp3) is 0.143. The summed E-state index contributed by atoms with van der Waals surface area (Å²) >= 11 is 11.5. The number of nitrogen functional groups attached to an aromatic ring is 1. The first-order valence-corrected chi connectivity index (χ1v) is 5.49. The van der Waals surface area contributed by atoms with Crippen LogP contribution in [0.4, 0.5) is 11.4 Å². The predicted octanol–water partition coefficient (Wildman–Crippen LogP) is 3.20. The highest BCUT2D eigenvalue weighted by molar-refractivity contribution is 14.1. The van der Waals surface area contributed by atoms with Gasteiger partial charge in [0.2, 0.25) is 0 Å². The molecule has 0 heterocycles. The van der Waals surface area contributed by atoms with Gasteiger partial charge in [0.15, 0.2) is 0 Å². The van der Waals surface area contributed by atoms with Gasteiger partial charge in [-0.2, -0.15) is 0 Å². The van der Waals surface area contributed by atoms with E-state index in [1.807, 2.05) is 22.6 Å². The van der Waals surface area contributed by atoms with Crippen molar-refractivity contribution in [2.24, 2.45) is 0 Å². The summed E-state index contributed by atoms with van der Waals surface area (Å²) in [6.45, 7) is 0. The van der Waals surface area contributed by atoms with Gasteiger partial charge in [0.25, 0.3) is 5.69 Å². The van der Waals surface area contributed by atoms with E-state index in [2.05, 4.69) is 0 Å². The SMILES string of the molecule is ClCCl.Nc1ccc(I)cc1[N+](=O)[O-]. The summed E-state index contributed by atoms with van der Waals surface area (Å²) in [5.41, 5.74) is 5.52. The van der Waals surface area contributed by atoms with Crippen LogP contribution < -0.4 is 5.73 Å². The Kier molecular flexibility index (Phi) is 6.94. The highest BCUT2D eigenvalue weighted by Gasteiger charge is 2.09. The Morgan fingerprint density at radius 3 is 2.36 bits per heavy atom. The van der Waals surface area contributed by atoms with Crippen molar-refractivity contribution in [3.8, 4) is 0 Å². The third-order valence-corrected chi connectivity index (χ3v) is 1.86. The Balaban J connectivity index is 0.000000500. The van der Waals surface area contributed by atoms with Crippen LogP contribution in [0.3, 0.4) is 0 Å². The second kappa shape index (κ2) is 7.08. The van der Waals surface area contributed by atoms with Crippen molar-refractivity contribution in [2.75, 3.05) is 11.1 Å². The first-order chi connectivity index (χ1) is 6.52. The molecule has 1 rings (SSSR count). The maximum absolute atomic E-state index is 10.3. The van der Waals surface area contributed by atoms with E-state index >= 15 is 0 Å². The largest absolute Gasteiger partial charge is 0.393 e. The van der Waals surface area contributed by atoms with Crippen LogP contribution >= 0.6 is 45.8 Å². The molecule has 4 nitrogen and oxygen atoms in total. The molecule has 1 aromatic rings. The molecule has 0 saturated heterocycles. The first kappa shape index (κ1) is 13.7. The topological polar surface area (TPSA) is 69.2 Å². The number of benzene rings is 1. The second-order valence-corrected chi connectivity index (χ2v) is 4.12. The van der Waals surface area contributed by atoms with Crippen molar-refractivity contribution in [1.82, 2.24) is 0 Å². The minimum Gasteiger partial charge on any atom is -0.393 e. The number of halogens is 3. The lowest BCUT2D eigenvalue weighted by Gasteiger charge is -1.95. The third-order valence-electron chi connectivity index (χ3n) is 1.19. The Hall–Kier alpha value is -0.270. The van der Waals surface area contributed by atoms with Gasteiger partial charge in [-0.1, -0.05) is 0 Å². The summed E-state index contributed by atoms with van der Waals surface area (Å²) in [6.07, 6.45) is 0. The lowest BCUT2D eigenvalue weighted by molar-refractivity contribution is -0.384. The lowest BCUT2D eigenvalue weighted by atomic mass is 10.3. The summed E-state index contributed by atoms with van der Waals surface area (Å²) in [4.78, 5) is 9.81. The van der Waals surface area contributed by atoms with Crippen molar-refractivity contribution in [3.05, 3.63) is 31.9 Å². The molecule has 0 radical (unpaired) electrons. The van der Waals surface area contributed by atoms with Gasteiger partial charge < -0.3 is 5.73 Å². The summed E-state index contributed by atoms with van der Waals surface area (Å²) in [7, 11) is 0. The highest BCUT2D eigenvalue weighted by Crippen LogP contribution is 2.22. The highest BCUT2D eigenvalue weighted by atomic mass is 127. The Bertz CT molecular complexity index is 323. The summed E-state index contributed by atoms with van der Waals surface area (Å²) < 4.78 is 0.809. The van der Waals surface area contributed by atoms with Crippen molar-refractivity contribution in [1.29, 1.82) is 0 Å². The van der Waals surface area contributed by atoms with Crippen molar-refractivity contribution in [2.45, 2.75) is 0 Å². The Labute approximate surface area is 105 Å². The zero-order valence-corrected chi connectivity index (χ0v) is 10.6. The standard InChI is InChI=1S/C6H5IN2O2.CH2Cl2/c7-4-1-2-5(8)6(3-4)9(10)11;2-1-3/h1-3H,8H2;1H2. The van der Waals surface area contributed by atoms with Crippen LogP contribution in [0.1, 0.15) is 0 Å². The van der Waals surface area contributed by atoms with E-state index in [1.54, 1.807) is 6.07 Å². The summed E-state index contributed by atoms with van der Waals surface area (Å²) in [6, 6.07) is 4.69. The van der Waals surface area contributed by atoms with Crippen LogP contribution in [-0.4, -0.2) is 10.3 Å². The number of nitrogens with zero attached hydrogens (tertiary/aromatic N) is 1. The van der Waals surface area contributed by atoms with Crippen LogP contribution in [0, 0.1) is 13.7 Å². The molecule has 78 valence electrons. The summed E-state index contributed by atoms with van der Waals surface area (Å²) in [5, 5.41) is 10.5. The van der Waals surface area contributed by atoms with Crippen molar-refractivity contribution >= 4 is 57.2 Å². The van der Waals surface area contributed by atoms with Gasteiger partial charge in [-0.25, -0.2) is 0 Å². The van der Waals surface area contributed by atoms with Gasteiger partial charge in [0.1, 0.15) is 5.69 Å². The molecule has 0 bridgehead atoms. The molecule has 1 aromatic carbocycles. The molecule has 0 unspecified atom stereocenters. The van der Waals surface area contributed by atoms with E-state index in [9.17, 15) is 10.1 Å². The number of nitro benzene ring substituents is 1. The van der Waals surface area contributed by atoms with Gasteiger partial charge >= 0.3 is 0 Å². The van der Waals surface area contributed by atoms with Crippen LogP contribution in [0.5, 0.6) is 0 Å². The van der Waals surface area contributed by atoms with E-state index in [-0.39, 0.29) is 16.7 Å². The predicted molar refractivity (Wildman–Crippen MR) is 66.8 cm³/mol. The molecular weight excluding hydrogens is 342 g/mol. The number of anilines is 1. The zero-order chi connectivity index (χ0) is 11.1. The van der Waals surface area contributed by atoms with Gasteiger partial charge in [-0.05, 0) is 34.7 Å². The van der Waals surface area contributed by atoms with Gasteiger partial charge in [0.05, 0.1) is 10.3 Å². The number of alkyl halides is 2. The fourth-order valence-corrected chi connectivity index (χ4v) is 1.15. The quantitative estimate of drug-likeness (QED) is 0.278. The van der Waals surface area contributed by atoms with Crippen molar-refractivity contribution < 1.29 is 4.92 Å². The van der Waals surface area contributed by atoms with Crippen LogP contribution in [0.15, 0.2) is 18.2 Å². The van der Waals surface area contributed by atoms with E-state index in [4.69, 9.17) is 28.9 Å². The third kappa shape index (κ3) is 4.83. The van der Waals surface area contributed by atoms with E-state index in [0.29, 0.717) is 0 Å². The van der Waals surface area contributed by atoms with Crippen LogP contribution in [-0.2, 0) is 0 Å². The van der Waals surface area contributed by atoms with Gasteiger partial charge in [-0.3, -0.25) is 10.1 Å². The maximum atomic E-state index is 10.3. The van der Waals surface area contributed by atoms with E-state index < -0.39 is 4.92 Å². The monoisotopic (exact) mass is 348 g/mol. The number of nitrogens with two attached hydrogens (primary N) is 1. The van der Waals surface area contributed by atoms with Crippen LogP contribution in [0.25, 0.3) is 0 Å². The first-order valence-electron chi connectivity index (χ1n) is 3.34. The molecule has 0 aromatic heterocycles. The molecular formula is C7H7Cl2IN2O2. The second-order valence-electron chi connectivity index (χ2n) is 2.06. The van der Waals surface area contributed by atoms with Gasteiger partial charge in [0, 0.05) is 9.64 Å². The normalized spacial score (nSPS) is 8.79. The van der Waals surface area contributed by atoms with E-state index in [1.165, 1.54) is 12.1 Å². The fourth-order valence-electron chi connectivity index (χ4n) is 0.675. The molecule has 0 fully saturated rings. The molecule has 0 aliphatic carbocycles. The molecule has 0 amide bonds. The molecule has 0 saturated carbocycles. The molecule has 14 heavy (non-hydrogen) atoms. The molecule has 2 N–H and O–H groups in total. The molecule has 0 aliphatic heterocycles. The van der Waals surface area contributed by atoms with Crippen molar-refractivity contribution in [3.63, 3.8) is 0 Å². The van der Waals surface area contributed by atoms with Crippen LogP contribution in [0.2, 0.25) is 0 Å². The van der Waals surface area contributed by atoms with E-state index in [0.717, 1.165) is 3.57 Å². The maximum Gasteiger partial charge on any atom is 0.293 e. The van der Waals surface area contributed by atoms with Gasteiger partial charge in [-0.15, -0.1) is 23.2 Å². The molecule has 0 spiro atoms. The average Bonchev–Trinajstić information content (AvgIpc) is 2.10. The molecule has 0 atom stereocenters. The zero-order valence-electron chi connectivity index (χ0n) is 6.91. The number of hydrogen-bond donors (Lipinski definition) is 1. The minimum atomic E-state index is -0.489. The molecule has 0 aliphatic rings. The number of hydrogen-bond acceptors (Lipinski definition) is 3. The Morgan fingerprint density at radius 2 is 2.00 bits per heavy atom. The smallest absolute Gasteiger partial charge is 0.293 e. The summed E-state index contributed by atoms with van der Waals surface area (Å²) in [5.74, 6) is 0. The number of rotatable bonds is 1. The Morgan fingerprint density at radius 1 is 1.50 bits per heavy atom. The lowest BCUT2D eigenvalue weighted by Crippen LogP contribution is -1.95. The minimum absolute atomic E-state index is 0.0306. The molecule has 7 heteroatoms. The number of nitro groups is 1. The average molecular weight is 349 g/mol.